The number of aliphatic hydroxyl groups excluding tert-OH is 1. The smallest absolute Gasteiger partial charge is 0.447 e. The molecule has 0 atom stereocenters. The molecular formula is C28H34ClN7O6. The lowest BCUT2D eigenvalue weighted by Gasteiger charge is -2.12. The van der Waals surface area contributed by atoms with Crippen LogP contribution in [0.2, 0.25) is 5.15 Å². The topological polar surface area (TPSA) is 161 Å². The van der Waals surface area contributed by atoms with Crippen LogP contribution in [0.3, 0.4) is 0 Å². The Morgan fingerprint density at radius 1 is 1.00 bits per heavy atom. The average Bonchev–Trinajstić information content (AvgIpc) is 3.60. The second-order valence-corrected chi connectivity index (χ2v) is 9.88. The molecule has 2 heterocycles. The maximum Gasteiger partial charge on any atom is 0.453 e. The minimum atomic E-state index is -0.746. The Balaban J connectivity index is 1.42. The molecule has 0 aliphatic carbocycles. The van der Waals surface area contributed by atoms with Crippen molar-refractivity contribution in [3.63, 3.8) is 0 Å². The first-order valence-electron chi connectivity index (χ1n) is 13.7. The standard InChI is InChI=1S/C28H34ClN7O6/c1-2-3-11-25-30-26(29)24(19-37)34(25)18-20-12-14-21(15-13-20)22-9-5-6-10-23(22)27-31-33-35(32-27)28(38)41-16-7-4-8-17-42-36(39)40/h5-6,9-10,12-15,37,39-40H,2-4,7-8,11,16-19H2,1H3. The van der Waals surface area contributed by atoms with Gasteiger partial charge in [0.1, 0.15) is 5.82 Å². The minimum Gasteiger partial charge on any atom is -0.447 e. The molecule has 13 nitrogen and oxygen atoms in total. The van der Waals surface area contributed by atoms with Gasteiger partial charge >= 0.3 is 6.09 Å². The summed E-state index contributed by atoms with van der Waals surface area (Å²) in [6, 6.07) is 15.6. The summed E-state index contributed by atoms with van der Waals surface area (Å²) < 4.78 is 7.19. The van der Waals surface area contributed by atoms with Crippen molar-refractivity contribution in [3.8, 4) is 22.5 Å². The van der Waals surface area contributed by atoms with Gasteiger partial charge < -0.3 is 14.4 Å². The molecule has 0 unspecified atom stereocenters. The van der Waals surface area contributed by atoms with E-state index < -0.39 is 6.09 Å². The van der Waals surface area contributed by atoms with Crippen LogP contribution in [0.1, 0.15) is 56.1 Å². The van der Waals surface area contributed by atoms with Crippen LogP contribution in [0, 0.1) is 0 Å². The first kappa shape index (κ1) is 31.2. The number of benzene rings is 2. The highest BCUT2D eigenvalue weighted by molar-refractivity contribution is 6.30. The zero-order valence-electron chi connectivity index (χ0n) is 23.3. The Morgan fingerprint density at radius 2 is 1.74 bits per heavy atom. The number of tetrazole rings is 1. The maximum absolute atomic E-state index is 12.4. The van der Waals surface area contributed by atoms with Gasteiger partial charge in [-0.3, -0.25) is 15.3 Å². The molecule has 4 aromatic rings. The molecule has 42 heavy (non-hydrogen) atoms. The molecule has 0 aliphatic heterocycles. The largest absolute Gasteiger partial charge is 0.453 e. The van der Waals surface area contributed by atoms with Crippen molar-refractivity contribution in [1.82, 2.24) is 35.1 Å². The van der Waals surface area contributed by atoms with E-state index in [2.05, 4.69) is 32.2 Å². The Kier molecular flexibility index (Phi) is 11.5. The second kappa shape index (κ2) is 15.5. The van der Waals surface area contributed by atoms with E-state index >= 15 is 0 Å². The summed E-state index contributed by atoms with van der Waals surface area (Å²) in [5, 5.41) is 39.0. The molecule has 3 N–H and O–H groups in total. The molecule has 14 heteroatoms. The summed E-state index contributed by atoms with van der Waals surface area (Å²) in [6.45, 7) is 2.74. The first-order chi connectivity index (χ1) is 20.4. The molecule has 0 bridgehead atoms. The number of nitrogens with zero attached hydrogens (tertiary/aromatic N) is 7. The van der Waals surface area contributed by atoms with E-state index in [1.165, 1.54) is 0 Å². The molecule has 2 aromatic carbocycles. The third-order valence-corrected chi connectivity index (χ3v) is 6.88. The second-order valence-electron chi connectivity index (χ2n) is 9.52. The minimum absolute atomic E-state index is 0.126. The van der Waals surface area contributed by atoms with Crippen molar-refractivity contribution in [3.05, 3.63) is 70.8 Å². The number of aliphatic hydroxyl groups is 1. The van der Waals surface area contributed by atoms with Crippen LogP contribution >= 0.6 is 11.6 Å². The third-order valence-electron chi connectivity index (χ3n) is 6.58. The van der Waals surface area contributed by atoms with Crippen LogP contribution in [0.4, 0.5) is 4.79 Å². The summed E-state index contributed by atoms with van der Waals surface area (Å²) >= 11 is 6.30. The molecule has 0 amide bonds. The van der Waals surface area contributed by atoms with Gasteiger partial charge in [-0.2, -0.15) is 0 Å². The lowest BCUT2D eigenvalue weighted by atomic mass is 9.98. The molecule has 0 radical (unpaired) electrons. The Hall–Kier alpha value is -3.72. The number of halogens is 1. The first-order valence-corrected chi connectivity index (χ1v) is 14.1. The van der Waals surface area contributed by atoms with E-state index in [9.17, 15) is 9.90 Å². The van der Waals surface area contributed by atoms with Crippen molar-refractivity contribution in [1.29, 1.82) is 0 Å². The molecule has 0 saturated carbocycles. The molecule has 0 aliphatic rings. The van der Waals surface area contributed by atoms with E-state index in [4.69, 9.17) is 26.8 Å². The summed E-state index contributed by atoms with van der Waals surface area (Å²) in [7, 11) is 0. The van der Waals surface area contributed by atoms with Gasteiger partial charge in [0.2, 0.25) is 5.82 Å². The highest BCUT2D eigenvalue weighted by Gasteiger charge is 2.18. The summed E-state index contributed by atoms with van der Waals surface area (Å²) in [5.74, 6) is 1.14. The Bertz CT molecular complexity index is 1440. The molecule has 0 fully saturated rings. The van der Waals surface area contributed by atoms with Gasteiger partial charge in [0.25, 0.3) is 0 Å². The SMILES string of the molecule is CCCCc1nc(Cl)c(CO)n1Cc1ccc(-c2ccccc2-c2nnn(C(=O)OCCCCCON(O)O)n2)cc1. The molecule has 224 valence electrons. The molecule has 0 saturated heterocycles. The normalized spacial score (nSPS) is 11.4. The predicted molar refractivity (Wildman–Crippen MR) is 152 cm³/mol. The van der Waals surface area contributed by atoms with Crippen LogP contribution in [-0.2, 0) is 29.1 Å². The maximum atomic E-state index is 12.4. The lowest BCUT2D eigenvalue weighted by molar-refractivity contribution is -0.492. The van der Waals surface area contributed by atoms with Crippen LogP contribution in [0.15, 0.2) is 48.5 Å². The van der Waals surface area contributed by atoms with E-state index in [1.54, 1.807) is 0 Å². The molecule has 4 rings (SSSR count). The van der Waals surface area contributed by atoms with Crippen LogP contribution in [0.5, 0.6) is 0 Å². The zero-order valence-corrected chi connectivity index (χ0v) is 24.0. The highest BCUT2D eigenvalue weighted by Crippen LogP contribution is 2.30. The molecular weight excluding hydrogens is 566 g/mol. The van der Waals surface area contributed by atoms with E-state index in [0.717, 1.165) is 46.6 Å². The summed E-state index contributed by atoms with van der Waals surface area (Å²) in [4.78, 5) is 22.1. The van der Waals surface area contributed by atoms with Gasteiger partial charge in [-0.05, 0) is 47.6 Å². The quantitative estimate of drug-likeness (QED) is 0.126. The number of rotatable bonds is 15. The van der Waals surface area contributed by atoms with Gasteiger partial charge in [-0.1, -0.05) is 78.3 Å². The van der Waals surface area contributed by atoms with Crippen molar-refractivity contribution in [2.24, 2.45) is 0 Å². The number of imidazole rings is 1. The number of aryl methyl sites for hydroxylation is 1. The number of ether oxygens (including phenoxy) is 1. The monoisotopic (exact) mass is 599 g/mol. The predicted octanol–water partition coefficient (Wildman–Crippen LogP) is 4.91. The molecule has 0 spiro atoms. The van der Waals surface area contributed by atoms with Crippen LogP contribution in [0.25, 0.3) is 22.5 Å². The molecule has 2 aromatic heterocycles. The number of unbranched alkanes of at least 4 members (excludes halogenated alkanes) is 3. The van der Waals surface area contributed by atoms with Crippen molar-refractivity contribution in [2.75, 3.05) is 13.2 Å². The van der Waals surface area contributed by atoms with E-state index in [-0.39, 0.29) is 31.0 Å². The van der Waals surface area contributed by atoms with Gasteiger partial charge in [-0.25, -0.2) is 9.78 Å². The third kappa shape index (κ3) is 8.18. The Morgan fingerprint density at radius 3 is 2.45 bits per heavy atom. The average molecular weight is 600 g/mol. The van der Waals surface area contributed by atoms with Crippen molar-refractivity contribution in [2.45, 2.75) is 58.6 Å². The van der Waals surface area contributed by atoms with E-state index in [1.807, 2.05) is 53.1 Å². The highest BCUT2D eigenvalue weighted by atomic mass is 35.5. The fourth-order valence-corrected chi connectivity index (χ4v) is 4.67. The number of hydrogen-bond donors (Lipinski definition) is 3. The van der Waals surface area contributed by atoms with Crippen LogP contribution < -0.4 is 0 Å². The van der Waals surface area contributed by atoms with Gasteiger partial charge in [0.05, 0.1) is 30.9 Å². The summed E-state index contributed by atoms with van der Waals surface area (Å²) in [5.41, 5.74) is 4.14. The van der Waals surface area contributed by atoms with Crippen LogP contribution in [-0.4, -0.2) is 70.0 Å². The Labute approximate surface area is 247 Å². The van der Waals surface area contributed by atoms with Crippen molar-refractivity contribution < 1.29 is 29.9 Å². The number of hydrogen-bond acceptors (Lipinski definition) is 11. The zero-order chi connectivity index (χ0) is 29.9. The number of aromatic nitrogens is 6. The van der Waals surface area contributed by atoms with Gasteiger partial charge in [-0.15, -0.1) is 10.2 Å². The summed E-state index contributed by atoms with van der Waals surface area (Å²) in [6.07, 6.45) is 3.82. The van der Waals surface area contributed by atoms with Gasteiger partial charge in [0.15, 0.2) is 5.15 Å². The van der Waals surface area contributed by atoms with Crippen molar-refractivity contribution >= 4 is 17.7 Å². The number of carbonyl (C=O) groups excluding carboxylic acids is 1. The lowest BCUT2D eigenvalue weighted by Crippen LogP contribution is -2.18. The van der Waals surface area contributed by atoms with E-state index in [0.29, 0.717) is 42.2 Å². The number of carbonyl (C=O) groups is 1. The fraction of sp³-hybridized carbons (Fsp3) is 0.393. The van der Waals surface area contributed by atoms with Gasteiger partial charge in [0, 0.05) is 18.5 Å². The fourth-order valence-electron chi connectivity index (χ4n) is 4.41.